The van der Waals surface area contributed by atoms with Crippen molar-refractivity contribution in [3.8, 4) is 11.1 Å². The van der Waals surface area contributed by atoms with Crippen molar-refractivity contribution in [1.82, 2.24) is 19.4 Å². The quantitative estimate of drug-likeness (QED) is 0.623. The minimum atomic E-state index is -3.45. The van der Waals surface area contributed by atoms with Crippen LogP contribution in [0.2, 0.25) is 0 Å². The summed E-state index contributed by atoms with van der Waals surface area (Å²) >= 11 is 0. The average molecular weight is 527 g/mol. The summed E-state index contributed by atoms with van der Waals surface area (Å²) in [5, 5.41) is 2.79. The lowest BCUT2D eigenvalue weighted by molar-refractivity contribution is -0.0636. The van der Waals surface area contributed by atoms with E-state index in [1.807, 2.05) is 18.9 Å². The fourth-order valence-corrected chi connectivity index (χ4v) is 8.53. The zero-order chi connectivity index (χ0) is 26.3. The van der Waals surface area contributed by atoms with Crippen LogP contribution < -0.4 is 5.32 Å². The molecule has 37 heavy (non-hydrogen) atoms. The molecular weight excluding hydrogens is 484 g/mol. The molecule has 3 fully saturated rings. The second-order valence-corrected chi connectivity index (χ2v) is 13.1. The fourth-order valence-electron chi connectivity index (χ4n) is 6.54. The number of aryl methyl sites for hydroxylation is 1. The molecule has 0 aliphatic carbocycles. The Morgan fingerprint density at radius 2 is 1.78 bits per heavy atom. The smallest absolute Gasteiger partial charge is 0.231 e. The Morgan fingerprint density at radius 3 is 2.46 bits per heavy atom. The van der Waals surface area contributed by atoms with Gasteiger partial charge < -0.3 is 4.74 Å². The van der Waals surface area contributed by atoms with Crippen molar-refractivity contribution in [3.05, 3.63) is 59.2 Å². The van der Waals surface area contributed by atoms with Crippen LogP contribution >= 0.6 is 0 Å². The minimum absolute atomic E-state index is 0.0594. The SMILES string of the molecule is COCC1[C@@H](c2ccc(-c3cccc(C)c3C)cc2)[C@@H]2CN(S(=O)(=O)C3CNC(C)N3C)CCCCN12. The van der Waals surface area contributed by atoms with Crippen LogP contribution in [0.4, 0.5) is 0 Å². The third-order valence-electron chi connectivity index (χ3n) is 9.05. The van der Waals surface area contributed by atoms with Crippen LogP contribution in [0, 0.1) is 13.8 Å². The summed E-state index contributed by atoms with van der Waals surface area (Å²) < 4.78 is 35.0. The number of hydrogen-bond acceptors (Lipinski definition) is 6. The topological polar surface area (TPSA) is 65.1 Å². The molecular formula is C29H42N4O3S. The lowest BCUT2D eigenvalue weighted by Gasteiger charge is -2.57. The monoisotopic (exact) mass is 526 g/mol. The Hall–Kier alpha value is -1.81. The second kappa shape index (κ2) is 10.8. The predicted octanol–water partition coefficient (Wildman–Crippen LogP) is 3.39. The van der Waals surface area contributed by atoms with Crippen LogP contribution in [0.1, 0.15) is 42.4 Å². The van der Waals surface area contributed by atoms with Gasteiger partial charge in [0.25, 0.3) is 0 Å². The normalized spacial score (nSPS) is 29.9. The number of fused-ring (bicyclic) bond motifs is 1. The molecule has 3 heterocycles. The average Bonchev–Trinajstić information content (AvgIpc) is 3.21. The Labute approximate surface area is 222 Å². The molecule has 8 heteroatoms. The minimum Gasteiger partial charge on any atom is -0.383 e. The molecule has 0 aromatic heterocycles. The lowest BCUT2D eigenvalue weighted by Crippen LogP contribution is -2.68. The zero-order valence-corrected chi connectivity index (χ0v) is 23.7. The van der Waals surface area contributed by atoms with Gasteiger partial charge in [-0.05, 0) is 75.0 Å². The van der Waals surface area contributed by atoms with Crippen LogP contribution in [0.3, 0.4) is 0 Å². The molecule has 7 nitrogen and oxygen atoms in total. The number of sulfonamides is 1. The number of benzene rings is 2. The van der Waals surface area contributed by atoms with Crippen molar-refractivity contribution in [2.45, 2.75) is 63.2 Å². The summed E-state index contributed by atoms with van der Waals surface area (Å²) in [6.45, 7) is 9.59. The van der Waals surface area contributed by atoms with Gasteiger partial charge in [0.2, 0.25) is 10.0 Å². The van der Waals surface area contributed by atoms with Crippen LogP contribution in [0.15, 0.2) is 42.5 Å². The van der Waals surface area contributed by atoms with Gasteiger partial charge >= 0.3 is 0 Å². The van der Waals surface area contributed by atoms with E-state index in [0.717, 1.165) is 19.4 Å². The molecule has 1 N–H and O–H groups in total. The highest BCUT2D eigenvalue weighted by Gasteiger charge is 2.51. The molecule has 0 spiro atoms. The Kier molecular flexibility index (Phi) is 7.78. The molecule has 0 radical (unpaired) electrons. The van der Waals surface area contributed by atoms with Crippen LogP contribution in [0.5, 0.6) is 0 Å². The van der Waals surface area contributed by atoms with E-state index in [2.05, 4.69) is 66.5 Å². The highest BCUT2D eigenvalue weighted by atomic mass is 32.2. The Balaban J connectivity index is 1.42. The molecule has 2 aromatic carbocycles. The molecule has 3 aliphatic heterocycles. The van der Waals surface area contributed by atoms with E-state index >= 15 is 0 Å². The van der Waals surface area contributed by atoms with Crippen molar-refractivity contribution in [2.75, 3.05) is 46.9 Å². The first kappa shape index (κ1) is 26.8. The lowest BCUT2D eigenvalue weighted by atomic mass is 9.74. The molecule has 5 rings (SSSR count). The van der Waals surface area contributed by atoms with Gasteiger partial charge in [-0.3, -0.25) is 15.1 Å². The Bertz CT molecular complexity index is 1200. The molecule has 3 aliphatic rings. The number of nitrogens with one attached hydrogen (secondary N) is 1. The maximum Gasteiger partial charge on any atom is 0.231 e. The summed E-state index contributed by atoms with van der Waals surface area (Å²) in [7, 11) is 0.213. The third kappa shape index (κ3) is 4.88. The van der Waals surface area contributed by atoms with Gasteiger partial charge in [0.1, 0.15) is 5.37 Å². The van der Waals surface area contributed by atoms with Crippen LogP contribution in [0.25, 0.3) is 11.1 Å². The van der Waals surface area contributed by atoms with E-state index in [-0.39, 0.29) is 24.2 Å². The van der Waals surface area contributed by atoms with E-state index in [4.69, 9.17) is 4.74 Å². The second-order valence-electron chi connectivity index (χ2n) is 11.0. The van der Waals surface area contributed by atoms with Gasteiger partial charge in [0.15, 0.2) is 0 Å². The molecule has 0 bridgehead atoms. The van der Waals surface area contributed by atoms with Crippen molar-refractivity contribution in [3.63, 3.8) is 0 Å². The third-order valence-corrected chi connectivity index (χ3v) is 11.3. The number of ether oxygens (including phenoxy) is 1. The molecule has 0 amide bonds. The summed E-state index contributed by atoms with van der Waals surface area (Å²) in [6, 6.07) is 15.8. The largest absolute Gasteiger partial charge is 0.383 e. The summed E-state index contributed by atoms with van der Waals surface area (Å²) in [4.78, 5) is 4.44. The number of rotatable bonds is 6. The summed E-state index contributed by atoms with van der Waals surface area (Å²) in [5.41, 5.74) is 6.36. The van der Waals surface area contributed by atoms with E-state index in [1.54, 1.807) is 11.4 Å². The summed E-state index contributed by atoms with van der Waals surface area (Å²) in [6.07, 6.45) is 1.94. The number of likely N-dealkylation sites (N-methyl/N-ethyl adjacent to an activating group) is 1. The van der Waals surface area contributed by atoms with E-state index < -0.39 is 15.4 Å². The maximum absolute atomic E-state index is 13.8. The van der Waals surface area contributed by atoms with Gasteiger partial charge in [-0.1, -0.05) is 42.5 Å². The molecule has 202 valence electrons. The molecule has 0 saturated carbocycles. The van der Waals surface area contributed by atoms with Gasteiger partial charge in [0.05, 0.1) is 12.8 Å². The van der Waals surface area contributed by atoms with E-state index in [1.165, 1.54) is 27.8 Å². The Morgan fingerprint density at radius 1 is 1.05 bits per heavy atom. The first-order chi connectivity index (χ1) is 17.7. The first-order valence-corrected chi connectivity index (χ1v) is 15.1. The highest BCUT2D eigenvalue weighted by molar-refractivity contribution is 7.89. The fraction of sp³-hybridized carbons (Fsp3) is 0.586. The highest BCUT2D eigenvalue weighted by Crippen LogP contribution is 2.43. The number of methoxy groups -OCH3 is 1. The van der Waals surface area contributed by atoms with Crippen molar-refractivity contribution in [2.24, 2.45) is 0 Å². The van der Waals surface area contributed by atoms with E-state index in [0.29, 0.717) is 26.2 Å². The van der Waals surface area contributed by atoms with E-state index in [9.17, 15) is 8.42 Å². The molecule has 2 aromatic rings. The predicted molar refractivity (Wildman–Crippen MR) is 149 cm³/mol. The number of nitrogens with zero attached hydrogens (tertiary/aromatic N) is 3. The van der Waals surface area contributed by atoms with Gasteiger partial charge in [-0.15, -0.1) is 0 Å². The zero-order valence-electron chi connectivity index (χ0n) is 22.9. The van der Waals surface area contributed by atoms with Crippen molar-refractivity contribution >= 4 is 10.0 Å². The van der Waals surface area contributed by atoms with Gasteiger partial charge in [-0.2, -0.15) is 4.31 Å². The molecule has 3 saturated heterocycles. The summed E-state index contributed by atoms with van der Waals surface area (Å²) in [5.74, 6) is 0.238. The number of hydrogen-bond donors (Lipinski definition) is 1. The van der Waals surface area contributed by atoms with Crippen molar-refractivity contribution < 1.29 is 13.2 Å². The van der Waals surface area contributed by atoms with Crippen LogP contribution in [-0.2, 0) is 14.8 Å². The van der Waals surface area contributed by atoms with Crippen molar-refractivity contribution in [1.29, 1.82) is 0 Å². The molecule has 3 unspecified atom stereocenters. The first-order valence-electron chi connectivity index (χ1n) is 13.6. The van der Waals surface area contributed by atoms with Gasteiger partial charge in [-0.25, -0.2) is 8.42 Å². The van der Waals surface area contributed by atoms with Crippen LogP contribution in [-0.4, -0.2) is 93.1 Å². The maximum atomic E-state index is 13.8. The standard InChI is InChI=1S/C29H42N4O3S/c1-20-9-8-10-25(21(20)2)23-11-13-24(14-12-23)29-26-18-32(15-6-7-16-33(26)27(29)19-36-5)37(34,35)28-17-30-22(3)31(28)4/h8-14,22,26-30H,6-7,15-19H2,1-5H3/t22?,26-,27?,28?,29-/m0/s1. The molecule has 5 atom stereocenters. The van der Waals surface area contributed by atoms with Gasteiger partial charge in [0, 0.05) is 44.7 Å².